The van der Waals surface area contributed by atoms with Crippen LogP contribution in [-0.2, 0) is 0 Å². The largest absolute Gasteiger partial charge is 0.316 e. The molecule has 1 aliphatic heterocycles. The Morgan fingerprint density at radius 3 is 2.76 bits per heavy atom. The topological polar surface area (TPSA) is 55.1 Å². The summed E-state index contributed by atoms with van der Waals surface area (Å²) in [6.45, 7) is 2.05. The van der Waals surface area contributed by atoms with E-state index in [2.05, 4.69) is 27.6 Å². The first kappa shape index (κ1) is 12.5. The number of benzene rings is 1. The minimum atomic E-state index is 0.396. The van der Waals surface area contributed by atoms with Crippen molar-refractivity contribution in [3.05, 3.63) is 48.3 Å². The van der Waals surface area contributed by atoms with E-state index >= 15 is 0 Å². The van der Waals surface area contributed by atoms with Crippen LogP contribution in [0, 0.1) is 0 Å². The van der Waals surface area contributed by atoms with Gasteiger partial charge in [0.05, 0.1) is 5.69 Å². The van der Waals surface area contributed by atoms with Crippen molar-refractivity contribution in [1.82, 2.24) is 25.1 Å². The summed E-state index contributed by atoms with van der Waals surface area (Å²) in [6.07, 6.45) is 2.32. The summed E-state index contributed by atoms with van der Waals surface area (Å²) in [7, 11) is 0. The molecule has 1 saturated heterocycles. The first-order valence-corrected chi connectivity index (χ1v) is 7.40. The van der Waals surface area contributed by atoms with E-state index in [0.717, 1.165) is 42.2 Å². The van der Waals surface area contributed by atoms with Gasteiger partial charge in [0.1, 0.15) is 0 Å². The van der Waals surface area contributed by atoms with E-state index in [9.17, 15) is 0 Å². The van der Waals surface area contributed by atoms with Crippen LogP contribution in [0.25, 0.3) is 16.9 Å². The molecule has 0 radical (unpaired) electrons. The molecule has 1 atom stereocenters. The highest BCUT2D eigenvalue weighted by Gasteiger charge is 2.21. The number of hydrogen-bond acceptors (Lipinski definition) is 4. The van der Waals surface area contributed by atoms with Gasteiger partial charge in [-0.25, -0.2) is 0 Å². The second kappa shape index (κ2) is 5.26. The number of fused-ring (bicyclic) bond motifs is 1. The van der Waals surface area contributed by atoms with E-state index in [1.807, 2.05) is 34.8 Å². The Hall–Kier alpha value is -2.27. The van der Waals surface area contributed by atoms with Crippen molar-refractivity contribution in [2.24, 2.45) is 0 Å². The zero-order chi connectivity index (χ0) is 14.1. The maximum Gasteiger partial charge on any atom is 0.177 e. The van der Waals surface area contributed by atoms with Crippen molar-refractivity contribution in [3.63, 3.8) is 0 Å². The number of hydrogen-bond donors (Lipinski definition) is 1. The molecule has 1 aliphatic rings. The molecular formula is C16H17N5. The molecule has 2 aromatic heterocycles. The van der Waals surface area contributed by atoms with Crippen LogP contribution in [-0.4, -0.2) is 32.9 Å². The molecule has 0 bridgehead atoms. The Morgan fingerprint density at radius 1 is 1.05 bits per heavy atom. The Balaban J connectivity index is 1.79. The third-order valence-electron chi connectivity index (χ3n) is 4.02. The lowest BCUT2D eigenvalue weighted by atomic mass is 9.99. The standard InChI is InChI=1S/C16H17N5/c1-2-5-12(6-3-1)14-8-9-15-18-19-16(21(15)20-14)13-7-4-10-17-11-13/h1-3,5-6,8-9,13,17H,4,7,10-11H2. The summed E-state index contributed by atoms with van der Waals surface area (Å²) < 4.78 is 1.90. The predicted molar refractivity (Wildman–Crippen MR) is 81.1 cm³/mol. The van der Waals surface area contributed by atoms with Gasteiger partial charge in [-0.05, 0) is 31.5 Å². The highest BCUT2D eigenvalue weighted by atomic mass is 15.4. The summed E-state index contributed by atoms with van der Waals surface area (Å²) in [5.41, 5.74) is 2.88. The van der Waals surface area contributed by atoms with Crippen molar-refractivity contribution in [3.8, 4) is 11.3 Å². The van der Waals surface area contributed by atoms with Crippen molar-refractivity contribution in [2.45, 2.75) is 18.8 Å². The molecule has 0 amide bonds. The fourth-order valence-corrected chi connectivity index (χ4v) is 2.90. The van der Waals surface area contributed by atoms with Crippen molar-refractivity contribution >= 4 is 5.65 Å². The molecule has 1 aromatic carbocycles. The fourth-order valence-electron chi connectivity index (χ4n) is 2.90. The molecule has 0 aliphatic carbocycles. The fraction of sp³-hybridized carbons (Fsp3) is 0.312. The molecular weight excluding hydrogens is 262 g/mol. The molecule has 0 spiro atoms. The Morgan fingerprint density at radius 2 is 1.95 bits per heavy atom. The van der Waals surface area contributed by atoms with Gasteiger partial charge in [0.25, 0.3) is 0 Å². The average molecular weight is 279 g/mol. The van der Waals surface area contributed by atoms with Gasteiger partial charge in [-0.2, -0.15) is 9.61 Å². The average Bonchev–Trinajstić information content (AvgIpc) is 2.99. The quantitative estimate of drug-likeness (QED) is 0.782. The van der Waals surface area contributed by atoms with Gasteiger partial charge in [-0.3, -0.25) is 0 Å². The maximum atomic E-state index is 4.74. The minimum Gasteiger partial charge on any atom is -0.316 e. The van der Waals surface area contributed by atoms with Crippen LogP contribution in [0.4, 0.5) is 0 Å². The summed E-state index contributed by atoms with van der Waals surface area (Å²) in [5, 5.41) is 16.8. The molecule has 0 saturated carbocycles. The third-order valence-corrected chi connectivity index (χ3v) is 4.02. The highest BCUT2D eigenvalue weighted by molar-refractivity contribution is 5.59. The molecule has 5 nitrogen and oxygen atoms in total. The number of nitrogens with one attached hydrogen (secondary N) is 1. The van der Waals surface area contributed by atoms with Crippen LogP contribution in [0.3, 0.4) is 0 Å². The van der Waals surface area contributed by atoms with E-state index < -0.39 is 0 Å². The molecule has 106 valence electrons. The van der Waals surface area contributed by atoms with Crippen LogP contribution in [0.15, 0.2) is 42.5 Å². The minimum absolute atomic E-state index is 0.396. The maximum absolute atomic E-state index is 4.74. The Kier molecular flexibility index (Phi) is 3.12. The number of nitrogens with zero attached hydrogens (tertiary/aromatic N) is 4. The van der Waals surface area contributed by atoms with E-state index in [1.54, 1.807) is 0 Å². The molecule has 3 heterocycles. The first-order chi connectivity index (χ1) is 10.4. The lowest BCUT2D eigenvalue weighted by Crippen LogP contribution is -2.29. The predicted octanol–water partition coefficient (Wildman–Crippen LogP) is 2.26. The van der Waals surface area contributed by atoms with Crippen LogP contribution < -0.4 is 5.32 Å². The summed E-state index contributed by atoms with van der Waals surface area (Å²) >= 11 is 0. The van der Waals surface area contributed by atoms with Crippen molar-refractivity contribution in [2.75, 3.05) is 13.1 Å². The summed E-state index contributed by atoms with van der Waals surface area (Å²) in [4.78, 5) is 0. The van der Waals surface area contributed by atoms with Crippen molar-refractivity contribution in [1.29, 1.82) is 0 Å². The number of aromatic nitrogens is 4. The normalized spacial score (nSPS) is 19.0. The summed E-state index contributed by atoms with van der Waals surface area (Å²) in [6, 6.07) is 14.2. The number of piperidine rings is 1. The van der Waals surface area contributed by atoms with Crippen LogP contribution in [0.2, 0.25) is 0 Å². The molecule has 1 N–H and O–H groups in total. The molecule has 5 heteroatoms. The Bertz CT molecular complexity index is 744. The molecule has 21 heavy (non-hydrogen) atoms. The zero-order valence-electron chi connectivity index (χ0n) is 11.7. The van der Waals surface area contributed by atoms with Gasteiger partial charge in [0.2, 0.25) is 0 Å². The first-order valence-electron chi connectivity index (χ1n) is 7.40. The van der Waals surface area contributed by atoms with Gasteiger partial charge in [-0.1, -0.05) is 30.3 Å². The van der Waals surface area contributed by atoms with E-state index in [0.29, 0.717) is 5.92 Å². The molecule has 3 aromatic rings. The van der Waals surface area contributed by atoms with E-state index in [-0.39, 0.29) is 0 Å². The molecule has 1 unspecified atom stereocenters. The second-order valence-corrected chi connectivity index (χ2v) is 5.46. The van der Waals surface area contributed by atoms with Gasteiger partial charge in [-0.15, -0.1) is 10.2 Å². The lowest BCUT2D eigenvalue weighted by Gasteiger charge is -2.20. The SMILES string of the molecule is c1ccc(-c2ccc3nnc(C4CCCNC4)n3n2)cc1. The lowest BCUT2D eigenvalue weighted by molar-refractivity contribution is 0.440. The zero-order valence-corrected chi connectivity index (χ0v) is 11.7. The van der Waals surface area contributed by atoms with E-state index in [4.69, 9.17) is 5.10 Å². The highest BCUT2D eigenvalue weighted by Crippen LogP contribution is 2.23. The van der Waals surface area contributed by atoms with Crippen LogP contribution in [0.5, 0.6) is 0 Å². The summed E-state index contributed by atoms with van der Waals surface area (Å²) in [5.74, 6) is 1.36. The van der Waals surface area contributed by atoms with Crippen LogP contribution >= 0.6 is 0 Å². The smallest absolute Gasteiger partial charge is 0.177 e. The molecule has 1 fully saturated rings. The van der Waals surface area contributed by atoms with Gasteiger partial charge >= 0.3 is 0 Å². The van der Waals surface area contributed by atoms with Crippen molar-refractivity contribution < 1.29 is 0 Å². The van der Waals surface area contributed by atoms with Gasteiger partial charge < -0.3 is 5.32 Å². The van der Waals surface area contributed by atoms with Gasteiger partial charge in [0, 0.05) is 18.0 Å². The van der Waals surface area contributed by atoms with Crippen LogP contribution in [0.1, 0.15) is 24.6 Å². The van der Waals surface area contributed by atoms with E-state index in [1.165, 1.54) is 6.42 Å². The van der Waals surface area contributed by atoms with Gasteiger partial charge in [0.15, 0.2) is 11.5 Å². The second-order valence-electron chi connectivity index (χ2n) is 5.46. The number of rotatable bonds is 2. The molecule has 4 rings (SSSR count). The monoisotopic (exact) mass is 279 g/mol. The Labute approximate surface area is 123 Å². The third kappa shape index (κ3) is 2.29.